The van der Waals surface area contributed by atoms with E-state index in [1.165, 1.54) is 28.8 Å². The quantitative estimate of drug-likeness (QED) is 0.601. The lowest BCUT2D eigenvalue weighted by molar-refractivity contribution is -0.123. The number of nitrogens with one attached hydrogen (secondary N) is 1. The number of benzene rings is 1. The Hall–Kier alpha value is -3.20. The van der Waals surface area contributed by atoms with Gasteiger partial charge in [0, 0.05) is 37.0 Å². The predicted molar refractivity (Wildman–Crippen MR) is 131 cm³/mol. The first-order valence-corrected chi connectivity index (χ1v) is 12.1. The molecule has 2 aromatic heterocycles. The summed E-state index contributed by atoms with van der Waals surface area (Å²) in [5, 5.41) is 7.34. The van der Waals surface area contributed by atoms with Crippen LogP contribution in [0, 0.1) is 5.82 Å². The van der Waals surface area contributed by atoms with Crippen LogP contribution in [-0.2, 0) is 28.6 Å². The van der Waals surface area contributed by atoms with Crippen LogP contribution in [-0.4, -0.2) is 38.9 Å². The standard InChI is InChI=1S/C25H28FN5O2S/c1-25(2,3)23-21-22(17-8-5-9-18(26)11-17)34-15-20(33)31(24(21)30(4)29-23)14-19(32)28-13-16-7-6-10-27-12-16/h5-12,22H,13-15H2,1-4H3,(H,28,32). The Kier molecular flexibility index (Phi) is 6.74. The lowest BCUT2D eigenvalue weighted by atomic mass is 9.87. The number of amides is 2. The van der Waals surface area contributed by atoms with E-state index >= 15 is 0 Å². The lowest BCUT2D eigenvalue weighted by Gasteiger charge is -2.24. The van der Waals surface area contributed by atoms with Gasteiger partial charge in [-0.2, -0.15) is 5.10 Å². The number of aryl methyl sites for hydroxylation is 1. The van der Waals surface area contributed by atoms with E-state index in [1.54, 1.807) is 36.3 Å². The highest BCUT2D eigenvalue weighted by Gasteiger charge is 2.38. The third kappa shape index (κ3) is 4.99. The molecule has 0 radical (unpaired) electrons. The summed E-state index contributed by atoms with van der Waals surface area (Å²) in [6, 6.07) is 10.1. The maximum atomic E-state index is 14.1. The van der Waals surface area contributed by atoms with Gasteiger partial charge in [0.2, 0.25) is 11.8 Å². The van der Waals surface area contributed by atoms with Crippen LogP contribution >= 0.6 is 11.8 Å². The maximum Gasteiger partial charge on any atom is 0.240 e. The molecule has 0 fully saturated rings. The SMILES string of the molecule is Cn1nc(C(C)(C)C)c2c1N(CC(=O)NCc1cccnc1)C(=O)CSC2c1cccc(F)c1. The lowest BCUT2D eigenvalue weighted by Crippen LogP contribution is -2.42. The zero-order chi connectivity index (χ0) is 24.5. The summed E-state index contributed by atoms with van der Waals surface area (Å²) in [5.74, 6) is -0.0650. The molecule has 1 unspecified atom stereocenters. The van der Waals surface area contributed by atoms with Crippen molar-refractivity contribution in [1.29, 1.82) is 0 Å². The summed E-state index contributed by atoms with van der Waals surface area (Å²) in [6.45, 7) is 6.36. The van der Waals surface area contributed by atoms with Crippen LogP contribution in [0.1, 0.15) is 48.4 Å². The minimum Gasteiger partial charge on any atom is -0.350 e. The fraction of sp³-hybridized carbons (Fsp3) is 0.360. The van der Waals surface area contributed by atoms with E-state index in [-0.39, 0.29) is 40.6 Å². The largest absolute Gasteiger partial charge is 0.350 e. The Morgan fingerprint density at radius 3 is 2.74 bits per heavy atom. The number of carbonyl (C=O) groups excluding carboxylic acids is 2. The molecule has 0 spiro atoms. The number of aromatic nitrogens is 3. The molecule has 9 heteroatoms. The van der Waals surface area contributed by atoms with E-state index < -0.39 is 0 Å². The Morgan fingerprint density at radius 2 is 2.06 bits per heavy atom. The number of halogens is 1. The van der Waals surface area contributed by atoms with Gasteiger partial charge >= 0.3 is 0 Å². The minimum absolute atomic E-state index is 0.133. The van der Waals surface area contributed by atoms with Gasteiger partial charge in [-0.15, -0.1) is 11.8 Å². The third-order valence-electron chi connectivity index (χ3n) is 5.62. The second-order valence-electron chi connectivity index (χ2n) is 9.32. The maximum absolute atomic E-state index is 14.1. The summed E-state index contributed by atoms with van der Waals surface area (Å²) < 4.78 is 15.8. The number of rotatable bonds is 5. The molecule has 1 N–H and O–H groups in total. The van der Waals surface area contributed by atoms with Gasteiger partial charge in [-0.3, -0.25) is 24.2 Å². The van der Waals surface area contributed by atoms with Crippen molar-refractivity contribution in [2.45, 2.75) is 38.0 Å². The molecule has 7 nitrogen and oxygen atoms in total. The molecule has 4 rings (SSSR count). The number of hydrogen-bond donors (Lipinski definition) is 1. The highest BCUT2D eigenvalue weighted by Crippen LogP contribution is 2.47. The van der Waals surface area contributed by atoms with E-state index in [2.05, 4.69) is 31.1 Å². The van der Waals surface area contributed by atoms with Crippen molar-refractivity contribution in [2.75, 3.05) is 17.2 Å². The van der Waals surface area contributed by atoms with Crippen molar-refractivity contribution in [3.63, 3.8) is 0 Å². The molecule has 3 aromatic rings. The molecule has 0 aliphatic carbocycles. The summed E-state index contributed by atoms with van der Waals surface area (Å²) in [6.07, 6.45) is 3.36. The molecule has 1 aliphatic heterocycles. The normalized spacial score (nSPS) is 16.2. The number of anilines is 1. The summed E-state index contributed by atoms with van der Waals surface area (Å²) in [7, 11) is 1.78. The first-order chi connectivity index (χ1) is 16.1. The molecule has 2 amide bonds. The van der Waals surface area contributed by atoms with Crippen molar-refractivity contribution in [3.8, 4) is 0 Å². The highest BCUT2D eigenvalue weighted by atomic mass is 32.2. The molecular weight excluding hydrogens is 453 g/mol. The minimum atomic E-state index is -0.331. The van der Waals surface area contributed by atoms with Crippen LogP contribution in [0.3, 0.4) is 0 Å². The molecule has 1 aromatic carbocycles. The first kappa shape index (κ1) is 23.9. The smallest absolute Gasteiger partial charge is 0.240 e. The zero-order valence-electron chi connectivity index (χ0n) is 19.7. The predicted octanol–water partition coefficient (Wildman–Crippen LogP) is 3.74. The Labute approximate surface area is 202 Å². The van der Waals surface area contributed by atoms with Gasteiger partial charge in [-0.05, 0) is 29.3 Å². The molecular formula is C25H28FN5O2S. The number of pyridine rings is 1. The Bertz CT molecular complexity index is 1210. The molecule has 0 saturated carbocycles. The average molecular weight is 482 g/mol. The second-order valence-corrected chi connectivity index (χ2v) is 10.4. The number of hydrogen-bond acceptors (Lipinski definition) is 5. The Morgan fingerprint density at radius 1 is 1.26 bits per heavy atom. The molecule has 178 valence electrons. The number of thioether (sulfide) groups is 1. The first-order valence-electron chi connectivity index (χ1n) is 11.1. The number of nitrogens with zero attached hydrogens (tertiary/aromatic N) is 4. The van der Waals surface area contributed by atoms with Crippen molar-refractivity contribution in [2.24, 2.45) is 7.05 Å². The van der Waals surface area contributed by atoms with Gasteiger partial charge in [0.15, 0.2) is 0 Å². The van der Waals surface area contributed by atoms with Crippen molar-refractivity contribution < 1.29 is 14.0 Å². The summed E-state index contributed by atoms with van der Waals surface area (Å²) in [4.78, 5) is 31.7. The van der Waals surface area contributed by atoms with Gasteiger partial charge in [-0.1, -0.05) is 39.0 Å². The molecule has 1 atom stereocenters. The van der Waals surface area contributed by atoms with E-state index in [0.717, 1.165) is 22.4 Å². The highest BCUT2D eigenvalue weighted by molar-refractivity contribution is 8.00. The number of carbonyl (C=O) groups is 2. The van der Waals surface area contributed by atoms with Gasteiger partial charge in [0.25, 0.3) is 0 Å². The molecule has 1 aliphatic rings. The van der Waals surface area contributed by atoms with Crippen LogP contribution < -0.4 is 10.2 Å². The third-order valence-corrected chi connectivity index (χ3v) is 6.88. The van der Waals surface area contributed by atoms with Gasteiger partial charge in [0.1, 0.15) is 18.2 Å². The van der Waals surface area contributed by atoms with Gasteiger partial charge < -0.3 is 5.32 Å². The van der Waals surface area contributed by atoms with Crippen LogP contribution in [0.2, 0.25) is 0 Å². The van der Waals surface area contributed by atoms with Crippen LogP contribution in [0.4, 0.5) is 10.2 Å². The monoisotopic (exact) mass is 481 g/mol. The van der Waals surface area contributed by atoms with E-state index in [0.29, 0.717) is 12.4 Å². The average Bonchev–Trinajstić information content (AvgIpc) is 3.06. The fourth-order valence-electron chi connectivity index (χ4n) is 4.08. The summed E-state index contributed by atoms with van der Waals surface area (Å²) in [5.41, 5.74) is 2.98. The fourth-order valence-corrected chi connectivity index (χ4v) is 5.27. The van der Waals surface area contributed by atoms with Crippen LogP contribution in [0.5, 0.6) is 0 Å². The van der Waals surface area contributed by atoms with Gasteiger partial charge in [0.05, 0.1) is 16.7 Å². The van der Waals surface area contributed by atoms with E-state index in [9.17, 15) is 14.0 Å². The summed E-state index contributed by atoms with van der Waals surface area (Å²) >= 11 is 1.43. The Balaban J connectivity index is 1.72. The van der Waals surface area contributed by atoms with Crippen molar-refractivity contribution in [1.82, 2.24) is 20.1 Å². The van der Waals surface area contributed by atoms with E-state index in [4.69, 9.17) is 5.10 Å². The van der Waals surface area contributed by atoms with Crippen LogP contribution in [0.15, 0.2) is 48.8 Å². The van der Waals surface area contributed by atoms with Crippen molar-refractivity contribution in [3.05, 3.63) is 77.0 Å². The molecule has 3 heterocycles. The topological polar surface area (TPSA) is 80.1 Å². The zero-order valence-corrected chi connectivity index (χ0v) is 20.5. The van der Waals surface area contributed by atoms with E-state index in [1.807, 2.05) is 12.1 Å². The molecule has 0 saturated heterocycles. The van der Waals surface area contributed by atoms with Crippen LogP contribution in [0.25, 0.3) is 0 Å². The molecule has 0 bridgehead atoms. The number of fused-ring (bicyclic) bond motifs is 1. The van der Waals surface area contributed by atoms with Crippen molar-refractivity contribution >= 4 is 29.4 Å². The van der Waals surface area contributed by atoms with Gasteiger partial charge in [-0.25, -0.2) is 4.39 Å². The second kappa shape index (κ2) is 9.58. The molecule has 34 heavy (non-hydrogen) atoms.